The van der Waals surface area contributed by atoms with E-state index in [0.29, 0.717) is 0 Å². The zero-order valence-electron chi connectivity index (χ0n) is 10.8. The van der Waals surface area contributed by atoms with Crippen LogP contribution >= 0.6 is 0 Å². The van der Waals surface area contributed by atoms with Crippen molar-refractivity contribution in [1.29, 1.82) is 0 Å². The van der Waals surface area contributed by atoms with Gasteiger partial charge >= 0.3 is 0 Å². The summed E-state index contributed by atoms with van der Waals surface area (Å²) in [6.45, 7) is 5.21. The smallest absolute Gasteiger partial charge is 0.0952 e. The maximum atomic E-state index is 4.49. The molecule has 3 rings (SSSR count). The molecule has 3 heteroatoms. The first-order valence-corrected chi connectivity index (χ1v) is 6.62. The lowest BCUT2D eigenvalue weighted by Gasteiger charge is -2.15. The van der Waals surface area contributed by atoms with Crippen molar-refractivity contribution in [2.75, 3.05) is 6.54 Å². The Morgan fingerprint density at radius 2 is 2.22 bits per heavy atom. The third kappa shape index (κ3) is 2.18. The molecule has 1 aliphatic rings. The molecule has 0 spiro atoms. The van der Waals surface area contributed by atoms with Crippen LogP contribution in [-0.4, -0.2) is 16.1 Å². The maximum Gasteiger partial charge on any atom is 0.0952 e. The predicted octanol–water partition coefficient (Wildman–Crippen LogP) is 2.08. The monoisotopic (exact) mass is 241 g/mol. The highest BCUT2D eigenvalue weighted by atomic mass is 15.1. The van der Waals surface area contributed by atoms with Crippen LogP contribution in [0.25, 0.3) is 0 Å². The molecule has 1 aromatic carbocycles. The summed E-state index contributed by atoms with van der Waals surface area (Å²) >= 11 is 0. The fraction of sp³-hybridized carbons (Fsp3) is 0.400. The largest absolute Gasteiger partial charge is 0.334 e. The van der Waals surface area contributed by atoms with Crippen molar-refractivity contribution in [2.45, 2.75) is 32.9 Å². The minimum absolute atomic E-state index is 0.923. The van der Waals surface area contributed by atoms with Crippen LogP contribution in [-0.2, 0) is 25.9 Å². The van der Waals surface area contributed by atoms with Gasteiger partial charge in [0.1, 0.15) is 0 Å². The first kappa shape index (κ1) is 11.5. The molecule has 0 fully saturated rings. The van der Waals surface area contributed by atoms with Crippen LogP contribution in [0.5, 0.6) is 0 Å². The predicted molar refractivity (Wildman–Crippen MR) is 72.5 cm³/mol. The van der Waals surface area contributed by atoms with Gasteiger partial charge in [-0.3, -0.25) is 0 Å². The van der Waals surface area contributed by atoms with Crippen LogP contribution in [0.3, 0.4) is 0 Å². The van der Waals surface area contributed by atoms with Gasteiger partial charge in [-0.25, -0.2) is 4.98 Å². The number of imidazole rings is 1. The van der Waals surface area contributed by atoms with E-state index in [1.165, 1.54) is 22.5 Å². The van der Waals surface area contributed by atoms with Crippen molar-refractivity contribution < 1.29 is 0 Å². The van der Waals surface area contributed by atoms with Crippen LogP contribution in [0.2, 0.25) is 0 Å². The van der Waals surface area contributed by atoms with Gasteiger partial charge in [0, 0.05) is 31.7 Å². The molecule has 2 aromatic rings. The Morgan fingerprint density at radius 1 is 1.33 bits per heavy atom. The summed E-state index contributed by atoms with van der Waals surface area (Å²) in [6, 6.07) is 8.63. The van der Waals surface area contributed by atoms with Crippen molar-refractivity contribution in [3.8, 4) is 0 Å². The Morgan fingerprint density at radius 3 is 3.11 bits per heavy atom. The fourth-order valence-corrected chi connectivity index (χ4v) is 2.62. The molecule has 2 heterocycles. The van der Waals surface area contributed by atoms with Crippen LogP contribution < -0.4 is 5.32 Å². The van der Waals surface area contributed by atoms with E-state index in [1.54, 1.807) is 0 Å². The molecule has 0 amide bonds. The van der Waals surface area contributed by atoms with E-state index in [0.717, 1.165) is 32.5 Å². The Kier molecular flexibility index (Phi) is 3.15. The van der Waals surface area contributed by atoms with Crippen LogP contribution in [0.1, 0.15) is 22.5 Å². The van der Waals surface area contributed by atoms with Gasteiger partial charge in [0.25, 0.3) is 0 Å². The fourth-order valence-electron chi connectivity index (χ4n) is 2.62. The van der Waals surface area contributed by atoms with Crippen molar-refractivity contribution >= 4 is 0 Å². The molecule has 0 radical (unpaired) electrons. The van der Waals surface area contributed by atoms with Gasteiger partial charge < -0.3 is 9.88 Å². The minimum atomic E-state index is 0.923. The Labute approximate surface area is 108 Å². The molecule has 0 unspecified atom stereocenters. The molecule has 94 valence electrons. The summed E-state index contributed by atoms with van der Waals surface area (Å²) in [4.78, 5) is 4.49. The van der Waals surface area contributed by atoms with E-state index >= 15 is 0 Å². The molecule has 1 N–H and O–H groups in total. The first-order chi connectivity index (χ1) is 8.84. The van der Waals surface area contributed by atoms with Crippen molar-refractivity contribution in [1.82, 2.24) is 14.9 Å². The normalized spacial score (nSPS) is 14.5. The van der Waals surface area contributed by atoms with Gasteiger partial charge in [-0.15, -0.1) is 0 Å². The van der Waals surface area contributed by atoms with Gasteiger partial charge in [-0.05, 0) is 24.5 Å². The molecule has 0 atom stereocenters. The maximum absolute atomic E-state index is 4.49. The van der Waals surface area contributed by atoms with E-state index in [1.807, 2.05) is 6.33 Å². The van der Waals surface area contributed by atoms with Crippen molar-refractivity contribution in [2.24, 2.45) is 0 Å². The zero-order chi connectivity index (χ0) is 12.4. The average Bonchev–Trinajstić information content (AvgIpc) is 2.81. The summed E-state index contributed by atoms with van der Waals surface area (Å²) < 4.78 is 2.32. The average molecular weight is 241 g/mol. The Bertz CT molecular complexity index is 542. The van der Waals surface area contributed by atoms with E-state index < -0.39 is 0 Å². The second-order valence-electron chi connectivity index (χ2n) is 4.93. The van der Waals surface area contributed by atoms with Crippen molar-refractivity contribution in [3.63, 3.8) is 0 Å². The number of benzene rings is 1. The molecule has 1 aromatic heterocycles. The highest BCUT2D eigenvalue weighted by Gasteiger charge is 2.14. The lowest BCUT2D eigenvalue weighted by atomic mass is 10.1. The van der Waals surface area contributed by atoms with Crippen LogP contribution in [0, 0.1) is 6.92 Å². The lowest BCUT2D eigenvalue weighted by Crippen LogP contribution is -2.25. The number of aromatic nitrogens is 2. The number of rotatable bonds is 3. The molecular formula is C15H19N3. The van der Waals surface area contributed by atoms with Crippen LogP contribution in [0.15, 0.2) is 30.6 Å². The Balaban J connectivity index is 1.74. The van der Waals surface area contributed by atoms with Crippen LogP contribution in [0.4, 0.5) is 0 Å². The first-order valence-electron chi connectivity index (χ1n) is 6.62. The number of hydrogen-bond donors (Lipinski definition) is 1. The van der Waals surface area contributed by atoms with Gasteiger partial charge in [0.15, 0.2) is 0 Å². The number of aryl methyl sites for hydroxylation is 3. The minimum Gasteiger partial charge on any atom is -0.334 e. The molecule has 3 nitrogen and oxygen atoms in total. The molecule has 0 aliphatic carbocycles. The number of nitrogens with one attached hydrogen (secondary N) is 1. The highest BCUT2D eigenvalue weighted by molar-refractivity contribution is 5.26. The Hall–Kier alpha value is -1.61. The number of fused-ring (bicyclic) bond motifs is 1. The highest BCUT2D eigenvalue weighted by Crippen LogP contribution is 2.14. The zero-order valence-corrected chi connectivity index (χ0v) is 10.8. The van der Waals surface area contributed by atoms with E-state index in [9.17, 15) is 0 Å². The SMILES string of the molecule is Cc1ccccc1CCn1cnc2c1CCNC2. The molecular weight excluding hydrogens is 222 g/mol. The lowest BCUT2D eigenvalue weighted by molar-refractivity contribution is 0.585. The molecule has 0 saturated heterocycles. The second kappa shape index (κ2) is 4.94. The molecule has 0 saturated carbocycles. The van der Waals surface area contributed by atoms with Crippen molar-refractivity contribution in [3.05, 3.63) is 53.1 Å². The quantitative estimate of drug-likeness (QED) is 0.891. The van der Waals surface area contributed by atoms with Gasteiger partial charge in [0.2, 0.25) is 0 Å². The number of hydrogen-bond acceptors (Lipinski definition) is 2. The summed E-state index contributed by atoms with van der Waals surface area (Å²) in [7, 11) is 0. The summed E-state index contributed by atoms with van der Waals surface area (Å²) in [5.41, 5.74) is 5.47. The summed E-state index contributed by atoms with van der Waals surface area (Å²) in [6.07, 6.45) is 4.18. The van der Waals surface area contributed by atoms with E-state index in [-0.39, 0.29) is 0 Å². The molecule has 1 aliphatic heterocycles. The van der Waals surface area contributed by atoms with Gasteiger partial charge in [0.05, 0.1) is 12.0 Å². The number of nitrogens with zero attached hydrogens (tertiary/aromatic N) is 2. The molecule has 18 heavy (non-hydrogen) atoms. The third-order valence-corrected chi connectivity index (χ3v) is 3.75. The standard InChI is InChI=1S/C15H19N3/c1-12-4-2-3-5-13(12)7-9-18-11-17-14-10-16-8-6-15(14)18/h2-5,11,16H,6-10H2,1H3. The second-order valence-corrected chi connectivity index (χ2v) is 4.93. The summed E-state index contributed by atoms with van der Waals surface area (Å²) in [5, 5.41) is 3.36. The topological polar surface area (TPSA) is 29.9 Å². The van der Waals surface area contributed by atoms with E-state index in [2.05, 4.69) is 46.1 Å². The summed E-state index contributed by atoms with van der Waals surface area (Å²) in [5.74, 6) is 0. The third-order valence-electron chi connectivity index (χ3n) is 3.75. The molecule has 0 bridgehead atoms. The van der Waals surface area contributed by atoms with Gasteiger partial charge in [-0.2, -0.15) is 0 Å². The van der Waals surface area contributed by atoms with E-state index in [4.69, 9.17) is 0 Å². The van der Waals surface area contributed by atoms with Gasteiger partial charge in [-0.1, -0.05) is 24.3 Å².